The molecule has 1 fully saturated rings. The molecule has 2 aliphatic rings. The molecule has 0 aliphatic carbocycles. The van der Waals surface area contributed by atoms with Crippen molar-refractivity contribution in [3.05, 3.63) is 24.0 Å². The van der Waals surface area contributed by atoms with Gasteiger partial charge in [-0.25, -0.2) is 0 Å². The lowest BCUT2D eigenvalue weighted by molar-refractivity contribution is -0.116. The van der Waals surface area contributed by atoms with Crippen molar-refractivity contribution in [3.8, 4) is 0 Å². The molecule has 2 aliphatic heterocycles. The quantitative estimate of drug-likeness (QED) is 0.624. The fraction of sp³-hybridized carbons (Fsp3) is 0.556. The Morgan fingerprint density at radius 2 is 2.00 bits per heavy atom. The average Bonchev–Trinajstić information content (AvgIpc) is 2.65. The van der Waals surface area contributed by atoms with E-state index in [4.69, 9.17) is 12.2 Å². The summed E-state index contributed by atoms with van der Waals surface area (Å²) < 4.78 is 0. The number of aromatic nitrogens is 1. The minimum Gasteiger partial charge on any atom is -0.345 e. The Morgan fingerprint density at radius 1 is 1.27 bits per heavy atom. The van der Waals surface area contributed by atoms with Crippen molar-refractivity contribution in [2.75, 3.05) is 37.6 Å². The molecule has 26 heavy (non-hydrogen) atoms. The normalized spacial score (nSPS) is 19.6. The standard InChI is InChI=1S/C18H26N6OS/c1-13(2)22-9-11-23(12-10-22)18(26)21-20-15-6-8-24(14(3)25)16-5-4-7-19-17(15)16/h4-5,7,13H,6,8-12H2,1-3H3,(H,21,26)/b20-15-. The molecule has 1 N–H and O–H groups in total. The summed E-state index contributed by atoms with van der Waals surface area (Å²) >= 11 is 5.51. The number of rotatable bonds is 2. The third-order valence-corrected chi connectivity index (χ3v) is 5.27. The van der Waals surface area contributed by atoms with Crippen molar-refractivity contribution in [3.63, 3.8) is 0 Å². The lowest BCUT2D eigenvalue weighted by atomic mass is 10.1. The maximum Gasteiger partial charge on any atom is 0.223 e. The average molecular weight is 375 g/mol. The van der Waals surface area contributed by atoms with Gasteiger partial charge in [-0.05, 0) is 38.2 Å². The maximum absolute atomic E-state index is 11.8. The second-order valence-electron chi connectivity index (χ2n) is 6.88. The minimum atomic E-state index is 0.0183. The number of thiocarbonyl (C=S) groups is 1. The molecule has 8 heteroatoms. The van der Waals surface area contributed by atoms with Crippen molar-refractivity contribution in [2.45, 2.75) is 33.2 Å². The van der Waals surface area contributed by atoms with Crippen LogP contribution in [0.4, 0.5) is 5.69 Å². The van der Waals surface area contributed by atoms with Crippen LogP contribution in [0.15, 0.2) is 23.4 Å². The Balaban J connectivity index is 1.66. The predicted molar refractivity (Wildman–Crippen MR) is 107 cm³/mol. The van der Waals surface area contributed by atoms with Crippen LogP contribution in [0, 0.1) is 0 Å². The van der Waals surface area contributed by atoms with E-state index in [-0.39, 0.29) is 5.91 Å². The van der Waals surface area contributed by atoms with Gasteiger partial charge in [0.1, 0.15) is 5.69 Å². The van der Waals surface area contributed by atoms with Gasteiger partial charge in [0.15, 0.2) is 5.11 Å². The summed E-state index contributed by atoms with van der Waals surface area (Å²) in [5.74, 6) is 0.0183. The summed E-state index contributed by atoms with van der Waals surface area (Å²) in [5, 5.41) is 5.16. The number of fused-ring (bicyclic) bond motifs is 1. The van der Waals surface area contributed by atoms with Gasteiger partial charge in [-0.1, -0.05) is 0 Å². The molecule has 1 amide bonds. The van der Waals surface area contributed by atoms with Gasteiger partial charge in [-0.2, -0.15) is 5.10 Å². The van der Waals surface area contributed by atoms with Gasteiger partial charge in [0.2, 0.25) is 5.91 Å². The molecule has 0 radical (unpaired) electrons. The number of carbonyl (C=O) groups is 1. The lowest BCUT2D eigenvalue weighted by Crippen LogP contribution is -2.52. The fourth-order valence-electron chi connectivity index (χ4n) is 3.36. The second-order valence-corrected chi connectivity index (χ2v) is 7.27. The molecule has 1 saturated heterocycles. The summed E-state index contributed by atoms with van der Waals surface area (Å²) in [4.78, 5) is 22.6. The Labute approximate surface area is 160 Å². The van der Waals surface area contributed by atoms with E-state index in [1.165, 1.54) is 0 Å². The van der Waals surface area contributed by atoms with Crippen molar-refractivity contribution >= 4 is 34.6 Å². The molecule has 0 saturated carbocycles. The van der Waals surface area contributed by atoms with Crippen LogP contribution in [0.3, 0.4) is 0 Å². The number of hydrogen-bond acceptors (Lipinski definition) is 5. The summed E-state index contributed by atoms with van der Waals surface area (Å²) in [5.41, 5.74) is 5.42. The molecule has 140 valence electrons. The third kappa shape index (κ3) is 4.02. The van der Waals surface area contributed by atoms with Gasteiger partial charge in [0, 0.05) is 58.3 Å². The van der Waals surface area contributed by atoms with Crippen LogP contribution in [-0.2, 0) is 4.79 Å². The number of hydrazone groups is 1. The highest BCUT2D eigenvalue weighted by molar-refractivity contribution is 7.80. The van der Waals surface area contributed by atoms with Crippen molar-refractivity contribution in [1.29, 1.82) is 0 Å². The largest absolute Gasteiger partial charge is 0.345 e. The predicted octanol–water partition coefficient (Wildman–Crippen LogP) is 1.44. The first-order valence-electron chi connectivity index (χ1n) is 9.06. The second kappa shape index (κ2) is 8.09. The number of nitrogens with one attached hydrogen (secondary N) is 1. The van der Waals surface area contributed by atoms with Crippen LogP contribution >= 0.6 is 12.2 Å². The maximum atomic E-state index is 11.8. The summed E-state index contributed by atoms with van der Waals surface area (Å²) in [6.45, 7) is 10.4. The highest BCUT2D eigenvalue weighted by atomic mass is 32.1. The number of hydrogen-bond donors (Lipinski definition) is 1. The molecule has 1 aromatic rings. The van der Waals surface area contributed by atoms with Gasteiger partial charge in [-0.3, -0.25) is 20.1 Å². The molecule has 0 atom stereocenters. The molecule has 0 unspecified atom stereocenters. The first-order chi connectivity index (χ1) is 12.5. The minimum absolute atomic E-state index is 0.0183. The zero-order valence-corrected chi connectivity index (χ0v) is 16.4. The molecular formula is C18H26N6OS. The summed E-state index contributed by atoms with van der Waals surface area (Å²) in [6, 6.07) is 4.30. The number of carbonyl (C=O) groups excluding carboxylic acids is 1. The number of pyridine rings is 1. The van der Waals surface area contributed by atoms with E-state index in [0.29, 0.717) is 24.1 Å². The smallest absolute Gasteiger partial charge is 0.223 e. The number of amides is 1. The van der Waals surface area contributed by atoms with E-state index in [9.17, 15) is 4.79 Å². The van der Waals surface area contributed by atoms with Gasteiger partial charge in [0.05, 0.1) is 11.4 Å². The van der Waals surface area contributed by atoms with E-state index >= 15 is 0 Å². The highest BCUT2D eigenvalue weighted by Gasteiger charge is 2.26. The van der Waals surface area contributed by atoms with Crippen molar-refractivity contribution in [2.24, 2.45) is 5.10 Å². The van der Waals surface area contributed by atoms with E-state index in [1.54, 1.807) is 18.0 Å². The third-order valence-electron chi connectivity index (χ3n) is 4.92. The lowest BCUT2D eigenvalue weighted by Gasteiger charge is -2.37. The van der Waals surface area contributed by atoms with Gasteiger partial charge in [0.25, 0.3) is 0 Å². The molecular weight excluding hydrogens is 348 g/mol. The molecule has 0 aromatic carbocycles. The SMILES string of the molecule is CC(=O)N1CC/C(=N/NC(=S)N2CCN(C(C)C)CC2)c2ncccc21. The number of nitrogens with zero attached hydrogens (tertiary/aromatic N) is 5. The van der Waals surface area contributed by atoms with E-state index in [2.05, 4.69) is 39.2 Å². The monoisotopic (exact) mass is 374 g/mol. The zero-order valence-electron chi connectivity index (χ0n) is 15.6. The summed E-state index contributed by atoms with van der Waals surface area (Å²) in [7, 11) is 0. The Bertz CT molecular complexity index is 711. The van der Waals surface area contributed by atoms with E-state index in [0.717, 1.165) is 43.3 Å². The van der Waals surface area contributed by atoms with Crippen molar-refractivity contribution in [1.82, 2.24) is 20.2 Å². The Kier molecular flexibility index (Phi) is 5.83. The molecule has 0 bridgehead atoms. The number of piperazine rings is 1. The van der Waals surface area contributed by atoms with Crippen LogP contribution in [0.25, 0.3) is 0 Å². The first kappa shape index (κ1) is 18.7. The van der Waals surface area contributed by atoms with Gasteiger partial charge < -0.3 is 9.80 Å². The molecule has 3 rings (SSSR count). The topological polar surface area (TPSA) is 64.1 Å². The van der Waals surface area contributed by atoms with Crippen LogP contribution in [0.2, 0.25) is 0 Å². The van der Waals surface area contributed by atoms with Crippen LogP contribution in [0.5, 0.6) is 0 Å². The van der Waals surface area contributed by atoms with Crippen LogP contribution in [-0.4, -0.2) is 70.3 Å². The Hall–Kier alpha value is -2.06. The first-order valence-corrected chi connectivity index (χ1v) is 9.47. The molecule has 7 nitrogen and oxygen atoms in total. The van der Waals surface area contributed by atoms with Gasteiger partial charge >= 0.3 is 0 Å². The van der Waals surface area contributed by atoms with Gasteiger partial charge in [-0.15, -0.1) is 0 Å². The zero-order chi connectivity index (χ0) is 18.7. The van der Waals surface area contributed by atoms with Crippen LogP contribution < -0.4 is 10.3 Å². The van der Waals surface area contributed by atoms with Crippen LogP contribution in [0.1, 0.15) is 32.9 Å². The van der Waals surface area contributed by atoms with E-state index < -0.39 is 0 Å². The van der Waals surface area contributed by atoms with E-state index in [1.807, 2.05) is 12.1 Å². The number of anilines is 1. The molecule has 1 aromatic heterocycles. The fourth-order valence-corrected chi connectivity index (χ4v) is 3.59. The Morgan fingerprint density at radius 3 is 2.65 bits per heavy atom. The van der Waals surface area contributed by atoms with Crippen molar-refractivity contribution < 1.29 is 4.79 Å². The summed E-state index contributed by atoms with van der Waals surface area (Å²) in [6.07, 6.45) is 2.38. The highest BCUT2D eigenvalue weighted by Crippen LogP contribution is 2.25. The molecule has 3 heterocycles. The molecule has 0 spiro atoms.